The minimum atomic E-state index is -0.160. The van der Waals surface area contributed by atoms with Gasteiger partial charge in [-0.2, -0.15) is 0 Å². The van der Waals surface area contributed by atoms with Gasteiger partial charge in [0.05, 0.1) is 6.10 Å². The number of nitrogens with one attached hydrogen (secondary N) is 1. The summed E-state index contributed by atoms with van der Waals surface area (Å²) < 4.78 is 0. The second-order valence-corrected chi connectivity index (χ2v) is 3.97. The van der Waals surface area contributed by atoms with E-state index in [-0.39, 0.29) is 17.6 Å². The standard InChI is InChI=1S/C9H17NO2/c1-7(11)10-9(2)5-3-8(12)4-6-9/h8,12H,3-6H2,1-2H3,(H,10,11). The van der Waals surface area contributed by atoms with Gasteiger partial charge in [0, 0.05) is 12.5 Å². The van der Waals surface area contributed by atoms with Crippen molar-refractivity contribution in [3.63, 3.8) is 0 Å². The first-order valence-electron chi connectivity index (χ1n) is 4.49. The molecule has 1 aliphatic carbocycles. The lowest BCUT2D eigenvalue weighted by molar-refractivity contribution is -0.121. The first-order valence-corrected chi connectivity index (χ1v) is 4.49. The molecule has 3 heteroatoms. The molecule has 0 unspecified atom stereocenters. The number of carbonyl (C=O) groups excluding carboxylic acids is 1. The monoisotopic (exact) mass is 171 g/mol. The van der Waals surface area contributed by atoms with Crippen LogP contribution in [0.5, 0.6) is 0 Å². The molecule has 12 heavy (non-hydrogen) atoms. The van der Waals surface area contributed by atoms with Crippen LogP contribution >= 0.6 is 0 Å². The molecule has 1 amide bonds. The van der Waals surface area contributed by atoms with E-state index in [9.17, 15) is 9.90 Å². The van der Waals surface area contributed by atoms with Crippen molar-refractivity contribution in [1.29, 1.82) is 0 Å². The van der Waals surface area contributed by atoms with E-state index in [1.165, 1.54) is 6.92 Å². The fourth-order valence-corrected chi connectivity index (χ4v) is 1.79. The first kappa shape index (κ1) is 9.52. The van der Waals surface area contributed by atoms with E-state index in [0.717, 1.165) is 25.7 Å². The van der Waals surface area contributed by atoms with Gasteiger partial charge in [-0.3, -0.25) is 4.79 Å². The van der Waals surface area contributed by atoms with Crippen LogP contribution in [-0.2, 0) is 4.79 Å². The highest BCUT2D eigenvalue weighted by Gasteiger charge is 2.30. The molecule has 0 spiro atoms. The zero-order valence-corrected chi connectivity index (χ0v) is 7.76. The maximum absolute atomic E-state index is 10.8. The summed E-state index contributed by atoms with van der Waals surface area (Å²) in [5.41, 5.74) is -0.0783. The van der Waals surface area contributed by atoms with Gasteiger partial charge < -0.3 is 10.4 Å². The van der Waals surface area contributed by atoms with E-state index < -0.39 is 0 Å². The summed E-state index contributed by atoms with van der Waals surface area (Å²) in [6.07, 6.45) is 3.21. The molecule has 1 fully saturated rings. The molecule has 0 aromatic carbocycles. The Morgan fingerprint density at radius 1 is 1.50 bits per heavy atom. The second-order valence-electron chi connectivity index (χ2n) is 3.97. The number of aliphatic hydroxyl groups is 1. The van der Waals surface area contributed by atoms with Crippen molar-refractivity contribution in [3.05, 3.63) is 0 Å². The number of aliphatic hydroxyl groups excluding tert-OH is 1. The normalized spacial score (nSPS) is 36.1. The fraction of sp³-hybridized carbons (Fsp3) is 0.889. The van der Waals surface area contributed by atoms with Crippen LogP contribution in [0.1, 0.15) is 39.5 Å². The molecule has 2 N–H and O–H groups in total. The highest BCUT2D eigenvalue weighted by atomic mass is 16.3. The lowest BCUT2D eigenvalue weighted by atomic mass is 9.82. The van der Waals surface area contributed by atoms with Crippen molar-refractivity contribution in [2.24, 2.45) is 0 Å². The second kappa shape index (κ2) is 3.44. The van der Waals surface area contributed by atoms with Crippen molar-refractivity contribution >= 4 is 5.91 Å². The third kappa shape index (κ3) is 2.48. The van der Waals surface area contributed by atoms with Crippen LogP contribution < -0.4 is 5.32 Å². The Labute approximate surface area is 73.2 Å². The summed E-state index contributed by atoms with van der Waals surface area (Å²) in [5, 5.41) is 12.2. The fourth-order valence-electron chi connectivity index (χ4n) is 1.79. The summed E-state index contributed by atoms with van der Waals surface area (Å²) in [4.78, 5) is 10.8. The SMILES string of the molecule is CC(=O)NC1(C)CCC(O)CC1. The van der Waals surface area contributed by atoms with Crippen molar-refractivity contribution < 1.29 is 9.90 Å². The molecule has 0 aromatic rings. The molecule has 1 saturated carbocycles. The van der Waals surface area contributed by atoms with Crippen LogP contribution in [0.15, 0.2) is 0 Å². The number of hydrogen-bond donors (Lipinski definition) is 2. The van der Waals surface area contributed by atoms with E-state index in [1.807, 2.05) is 6.92 Å². The van der Waals surface area contributed by atoms with Gasteiger partial charge in [-0.05, 0) is 32.6 Å². The van der Waals surface area contributed by atoms with Crippen LogP contribution in [-0.4, -0.2) is 22.7 Å². The molecule has 3 nitrogen and oxygen atoms in total. The average molecular weight is 171 g/mol. The lowest BCUT2D eigenvalue weighted by Gasteiger charge is -2.36. The Morgan fingerprint density at radius 2 is 2.00 bits per heavy atom. The van der Waals surface area contributed by atoms with Gasteiger partial charge >= 0.3 is 0 Å². The number of hydrogen-bond acceptors (Lipinski definition) is 2. The Kier molecular flexibility index (Phi) is 2.73. The summed E-state index contributed by atoms with van der Waals surface area (Å²) >= 11 is 0. The lowest BCUT2D eigenvalue weighted by Crippen LogP contribution is -2.48. The van der Waals surface area contributed by atoms with Gasteiger partial charge in [-0.15, -0.1) is 0 Å². The van der Waals surface area contributed by atoms with Crippen LogP contribution in [0, 0.1) is 0 Å². The van der Waals surface area contributed by atoms with Crippen LogP contribution in [0.2, 0.25) is 0 Å². The molecule has 0 aliphatic heterocycles. The van der Waals surface area contributed by atoms with Gasteiger partial charge in [0.2, 0.25) is 5.91 Å². The van der Waals surface area contributed by atoms with Crippen LogP contribution in [0.4, 0.5) is 0 Å². The van der Waals surface area contributed by atoms with E-state index >= 15 is 0 Å². The molecule has 0 atom stereocenters. The highest BCUT2D eigenvalue weighted by Crippen LogP contribution is 2.27. The Balaban J connectivity index is 2.44. The molecule has 0 aromatic heterocycles. The van der Waals surface area contributed by atoms with Crippen LogP contribution in [0.3, 0.4) is 0 Å². The van der Waals surface area contributed by atoms with Crippen LogP contribution in [0.25, 0.3) is 0 Å². The van der Waals surface area contributed by atoms with E-state index in [4.69, 9.17) is 0 Å². The maximum atomic E-state index is 10.8. The Morgan fingerprint density at radius 3 is 2.42 bits per heavy atom. The molecular formula is C9H17NO2. The maximum Gasteiger partial charge on any atom is 0.217 e. The largest absolute Gasteiger partial charge is 0.393 e. The molecular weight excluding hydrogens is 154 g/mol. The van der Waals surface area contributed by atoms with E-state index in [0.29, 0.717) is 0 Å². The number of carbonyl (C=O) groups is 1. The molecule has 0 bridgehead atoms. The first-order chi connectivity index (χ1) is 5.52. The van der Waals surface area contributed by atoms with Crippen molar-refractivity contribution in [2.75, 3.05) is 0 Å². The molecule has 1 rings (SSSR count). The molecule has 0 radical (unpaired) electrons. The van der Waals surface area contributed by atoms with Gasteiger partial charge in [0.1, 0.15) is 0 Å². The average Bonchev–Trinajstić information content (AvgIpc) is 1.94. The van der Waals surface area contributed by atoms with Crippen molar-refractivity contribution in [1.82, 2.24) is 5.32 Å². The molecule has 0 saturated heterocycles. The van der Waals surface area contributed by atoms with Gasteiger partial charge in [-0.25, -0.2) is 0 Å². The number of amides is 1. The summed E-state index contributed by atoms with van der Waals surface area (Å²) in [6.45, 7) is 3.58. The topological polar surface area (TPSA) is 49.3 Å². The van der Waals surface area contributed by atoms with Crippen molar-refractivity contribution in [3.8, 4) is 0 Å². The minimum Gasteiger partial charge on any atom is -0.393 e. The molecule has 1 aliphatic rings. The van der Waals surface area contributed by atoms with Gasteiger partial charge in [0.25, 0.3) is 0 Å². The van der Waals surface area contributed by atoms with E-state index in [2.05, 4.69) is 5.32 Å². The van der Waals surface area contributed by atoms with E-state index in [1.54, 1.807) is 0 Å². The molecule has 0 heterocycles. The zero-order valence-electron chi connectivity index (χ0n) is 7.76. The van der Waals surface area contributed by atoms with Gasteiger partial charge in [0.15, 0.2) is 0 Å². The Hall–Kier alpha value is -0.570. The van der Waals surface area contributed by atoms with Gasteiger partial charge in [-0.1, -0.05) is 0 Å². The highest BCUT2D eigenvalue weighted by molar-refractivity contribution is 5.73. The zero-order chi connectivity index (χ0) is 9.19. The predicted molar refractivity (Wildman–Crippen MR) is 46.7 cm³/mol. The third-order valence-electron chi connectivity index (χ3n) is 2.54. The molecule has 70 valence electrons. The summed E-state index contributed by atoms with van der Waals surface area (Å²) in [6, 6.07) is 0. The smallest absolute Gasteiger partial charge is 0.217 e. The quantitative estimate of drug-likeness (QED) is 0.613. The summed E-state index contributed by atoms with van der Waals surface area (Å²) in [5.74, 6) is 0.0221. The number of rotatable bonds is 1. The third-order valence-corrected chi connectivity index (χ3v) is 2.54. The van der Waals surface area contributed by atoms with Crippen molar-refractivity contribution in [2.45, 2.75) is 51.2 Å². The Bertz CT molecular complexity index is 171. The predicted octanol–water partition coefficient (Wildman–Crippen LogP) is 0.816. The summed E-state index contributed by atoms with van der Waals surface area (Å²) in [7, 11) is 0. The minimum absolute atomic E-state index is 0.0221.